The SMILES string of the molecule is CCc1cc(COc2ccc(S(=O)O)cc2)c2ccccc2n1. The number of aromatic nitrogens is 1. The molecule has 23 heavy (non-hydrogen) atoms. The molecule has 3 aromatic rings. The summed E-state index contributed by atoms with van der Waals surface area (Å²) in [6.45, 7) is 2.51. The van der Waals surface area contributed by atoms with Crippen LogP contribution in [0.3, 0.4) is 0 Å². The molecule has 0 saturated carbocycles. The Morgan fingerprint density at radius 2 is 1.87 bits per heavy atom. The minimum Gasteiger partial charge on any atom is -0.489 e. The largest absolute Gasteiger partial charge is 0.489 e. The zero-order chi connectivity index (χ0) is 16.2. The number of hydrogen-bond acceptors (Lipinski definition) is 3. The van der Waals surface area contributed by atoms with Crippen molar-refractivity contribution in [3.63, 3.8) is 0 Å². The summed E-state index contributed by atoms with van der Waals surface area (Å²) in [6, 6.07) is 16.7. The van der Waals surface area contributed by atoms with Crippen LogP contribution in [0.25, 0.3) is 10.9 Å². The Bertz CT molecular complexity index is 847. The molecule has 0 radical (unpaired) electrons. The Labute approximate surface area is 137 Å². The highest BCUT2D eigenvalue weighted by molar-refractivity contribution is 7.79. The van der Waals surface area contributed by atoms with Gasteiger partial charge < -0.3 is 9.29 Å². The molecule has 2 aromatic carbocycles. The number of ether oxygens (including phenoxy) is 1. The van der Waals surface area contributed by atoms with Gasteiger partial charge in [-0.3, -0.25) is 4.98 Å². The smallest absolute Gasteiger partial charge is 0.186 e. The molecule has 0 aliphatic carbocycles. The number of aryl methyl sites for hydroxylation is 1. The predicted molar refractivity (Wildman–Crippen MR) is 90.9 cm³/mol. The maximum Gasteiger partial charge on any atom is 0.186 e. The lowest BCUT2D eigenvalue weighted by Crippen LogP contribution is -2.00. The first-order chi connectivity index (χ1) is 11.2. The van der Waals surface area contributed by atoms with Gasteiger partial charge in [0.2, 0.25) is 0 Å². The highest BCUT2D eigenvalue weighted by Gasteiger charge is 2.06. The van der Waals surface area contributed by atoms with E-state index >= 15 is 0 Å². The maximum absolute atomic E-state index is 11.0. The number of fused-ring (bicyclic) bond motifs is 1. The number of para-hydroxylation sites is 1. The van der Waals surface area contributed by atoms with Gasteiger partial charge in [-0.1, -0.05) is 25.1 Å². The second kappa shape index (κ2) is 6.89. The third kappa shape index (κ3) is 3.57. The zero-order valence-corrected chi connectivity index (χ0v) is 13.5. The summed E-state index contributed by atoms with van der Waals surface area (Å²) in [7, 11) is 0. The summed E-state index contributed by atoms with van der Waals surface area (Å²) in [4.78, 5) is 4.98. The van der Waals surface area contributed by atoms with E-state index in [1.807, 2.05) is 24.3 Å². The van der Waals surface area contributed by atoms with E-state index in [1.165, 1.54) is 0 Å². The molecule has 118 valence electrons. The lowest BCUT2D eigenvalue weighted by atomic mass is 10.1. The average Bonchev–Trinajstić information content (AvgIpc) is 2.59. The van der Waals surface area contributed by atoms with Crippen LogP contribution in [0.5, 0.6) is 5.75 Å². The van der Waals surface area contributed by atoms with Crippen molar-refractivity contribution in [1.29, 1.82) is 0 Å². The maximum atomic E-state index is 11.0. The van der Waals surface area contributed by atoms with E-state index in [1.54, 1.807) is 24.3 Å². The minimum atomic E-state index is -1.96. The van der Waals surface area contributed by atoms with Gasteiger partial charge in [0.25, 0.3) is 0 Å². The lowest BCUT2D eigenvalue weighted by molar-refractivity contribution is 0.307. The Hall–Kier alpha value is -2.24. The van der Waals surface area contributed by atoms with E-state index in [4.69, 9.17) is 9.29 Å². The standard InChI is InChI=1S/C18H17NO3S/c1-2-14-11-13(17-5-3-4-6-18(17)19-14)12-22-15-7-9-16(10-8-15)23(20)21/h3-11H,2,12H2,1H3,(H,20,21). The van der Waals surface area contributed by atoms with Gasteiger partial charge in [0.15, 0.2) is 11.1 Å². The first-order valence-electron chi connectivity index (χ1n) is 7.38. The lowest BCUT2D eigenvalue weighted by Gasteiger charge is -2.11. The fourth-order valence-electron chi connectivity index (χ4n) is 2.42. The van der Waals surface area contributed by atoms with Crippen LogP contribution in [0.4, 0.5) is 0 Å². The van der Waals surface area contributed by atoms with Crippen molar-refractivity contribution < 1.29 is 13.5 Å². The van der Waals surface area contributed by atoms with Crippen molar-refractivity contribution in [2.75, 3.05) is 0 Å². The van der Waals surface area contributed by atoms with Crippen molar-refractivity contribution in [3.05, 3.63) is 65.9 Å². The molecule has 1 aromatic heterocycles. The van der Waals surface area contributed by atoms with Gasteiger partial charge in [0, 0.05) is 16.6 Å². The number of pyridine rings is 1. The van der Waals surface area contributed by atoms with Gasteiger partial charge in [0.1, 0.15) is 12.4 Å². The molecule has 0 amide bonds. The van der Waals surface area contributed by atoms with Crippen LogP contribution >= 0.6 is 0 Å². The van der Waals surface area contributed by atoms with Gasteiger partial charge in [-0.2, -0.15) is 0 Å². The van der Waals surface area contributed by atoms with Crippen LogP contribution in [-0.2, 0) is 24.1 Å². The summed E-state index contributed by atoms with van der Waals surface area (Å²) in [5, 5.41) is 1.08. The van der Waals surface area contributed by atoms with E-state index in [-0.39, 0.29) is 0 Å². The second-order valence-corrected chi connectivity index (χ2v) is 6.12. The molecule has 3 rings (SSSR count). The average molecular weight is 327 g/mol. The van der Waals surface area contributed by atoms with Crippen molar-refractivity contribution >= 4 is 22.0 Å². The predicted octanol–water partition coefficient (Wildman–Crippen LogP) is 3.96. The summed E-state index contributed by atoms with van der Waals surface area (Å²) in [5.41, 5.74) is 3.09. The quantitative estimate of drug-likeness (QED) is 0.721. The van der Waals surface area contributed by atoms with Gasteiger partial charge in [-0.15, -0.1) is 0 Å². The Morgan fingerprint density at radius 1 is 1.13 bits per heavy atom. The third-order valence-electron chi connectivity index (χ3n) is 3.64. The number of nitrogens with zero attached hydrogens (tertiary/aromatic N) is 1. The van der Waals surface area contributed by atoms with Gasteiger partial charge in [-0.05, 0) is 42.8 Å². The molecule has 5 heteroatoms. The number of hydrogen-bond donors (Lipinski definition) is 1. The second-order valence-electron chi connectivity index (χ2n) is 5.15. The first kappa shape index (κ1) is 15.6. The van der Waals surface area contributed by atoms with Crippen molar-refractivity contribution in [3.8, 4) is 5.75 Å². The molecule has 0 spiro atoms. The highest BCUT2D eigenvalue weighted by Crippen LogP contribution is 2.21. The van der Waals surface area contributed by atoms with Crippen molar-refractivity contribution in [2.24, 2.45) is 0 Å². The van der Waals surface area contributed by atoms with E-state index < -0.39 is 11.1 Å². The number of rotatable bonds is 5. The Morgan fingerprint density at radius 3 is 2.57 bits per heavy atom. The molecule has 1 atom stereocenters. The number of benzene rings is 2. The monoisotopic (exact) mass is 327 g/mol. The van der Waals surface area contributed by atoms with Gasteiger partial charge in [0.05, 0.1) is 10.4 Å². The molecule has 1 heterocycles. The summed E-state index contributed by atoms with van der Waals surface area (Å²) in [6.07, 6.45) is 0.870. The molecule has 0 fully saturated rings. The van der Waals surface area contributed by atoms with E-state index in [0.29, 0.717) is 17.3 Å². The van der Waals surface area contributed by atoms with Crippen LogP contribution in [0.2, 0.25) is 0 Å². The van der Waals surface area contributed by atoms with Crippen molar-refractivity contribution in [1.82, 2.24) is 4.98 Å². The molecule has 1 N–H and O–H groups in total. The first-order valence-corrected chi connectivity index (χ1v) is 8.49. The van der Waals surface area contributed by atoms with Crippen LogP contribution in [0.1, 0.15) is 18.2 Å². The van der Waals surface area contributed by atoms with E-state index in [0.717, 1.165) is 28.6 Å². The molecule has 0 aliphatic rings. The van der Waals surface area contributed by atoms with Crippen molar-refractivity contribution in [2.45, 2.75) is 24.8 Å². The van der Waals surface area contributed by atoms with Crippen LogP contribution in [0, 0.1) is 0 Å². The molecule has 0 bridgehead atoms. The summed E-state index contributed by atoms with van der Waals surface area (Å²) >= 11 is -1.96. The van der Waals surface area contributed by atoms with E-state index in [2.05, 4.69) is 18.0 Å². The molecule has 1 unspecified atom stereocenters. The van der Waals surface area contributed by atoms with E-state index in [9.17, 15) is 4.21 Å². The molecule has 4 nitrogen and oxygen atoms in total. The summed E-state index contributed by atoms with van der Waals surface area (Å²) in [5.74, 6) is 0.665. The zero-order valence-electron chi connectivity index (χ0n) is 12.7. The van der Waals surface area contributed by atoms with Gasteiger partial charge >= 0.3 is 0 Å². The molecule has 0 saturated heterocycles. The Kier molecular flexibility index (Phi) is 4.69. The fraction of sp³-hybridized carbons (Fsp3) is 0.167. The molecular weight excluding hydrogens is 310 g/mol. The normalized spacial score (nSPS) is 12.3. The molecular formula is C18H17NO3S. The topological polar surface area (TPSA) is 59.4 Å². The van der Waals surface area contributed by atoms with Crippen LogP contribution in [-0.4, -0.2) is 13.7 Å². The minimum absolute atomic E-state index is 0.361. The van der Waals surface area contributed by atoms with Gasteiger partial charge in [-0.25, -0.2) is 4.21 Å². The van der Waals surface area contributed by atoms with Crippen LogP contribution in [0.15, 0.2) is 59.5 Å². The molecule has 0 aliphatic heterocycles. The highest BCUT2D eigenvalue weighted by atomic mass is 32.2. The fourth-order valence-corrected chi connectivity index (χ4v) is 2.79. The Balaban J connectivity index is 1.85. The third-order valence-corrected chi connectivity index (χ3v) is 4.31. The van der Waals surface area contributed by atoms with Crippen LogP contribution < -0.4 is 4.74 Å². The summed E-state index contributed by atoms with van der Waals surface area (Å²) < 4.78 is 25.8.